The summed E-state index contributed by atoms with van der Waals surface area (Å²) in [6.45, 7) is 2.31. The van der Waals surface area contributed by atoms with Crippen LogP contribution >= 0.6 is 15.9 Å². The molecule has 0 radical (unpaired) electrons. The monoisotopic (exact) mass is 210 g/mol. The lowest BCUT2D eigenvalue weighted by atomic mass is 10.1. The minimum atomic E-state index is 0.850. The quantitative estimate of drug-likeness (QED) is 0.666. The van der Waals surface area contributed by atoms with E-state index in [1.165, 1.54) is 16.5 Å². The van der Waals surface area contributed by atoms with Gasteiger partial charge in [0.05, 0.1) is 0 Å². The van der Waals surface area contributed by atoms with E-state index >= 15 is 0 Å². The molecule has 1 heteroatoms. The van der Waals surface area contributed by atoms with Gasteiger partial charge in [-0.25, -0.2) is 0 Å². The van der Waals surface area contributed by atoms with Gasteiger partial charge >= 0.3 is 0 Å². The van der Waals surface area contributed by atoms with Gasteiger partial charge in [0, 0.05) is 4.47 Å². The highest BCUT2D eigenvalue weighted by atomic mass is 79.9. The van der Waals surface area contributed by atoms with Crippen molar-refractivity contribution in [2.75, 3.05) is 0 Å². The van der Waals surface area contributed by atoms with Crippen molar-refractivity contribution in [3.05, 3.63) is 34.3 Å². The van der Waals surface area contributed by atoms with Crippen molar-refractivity contribution in [3.63, 3.8) is 0 Å². The average molecular weight is 211 g/mol. The Kier molecular flexibility index (Phi) is 1.76. The van der Waals surface area contributed by atoms with E-state index in [2.05, 4.69) is 47.1 Å². The Morgan fingerprint density at radius 3 is 2.27 bits per heavy atom. The molecule has 1 aromatic carbocycles. The lowest BCUT2D eigenvalue weighted by Crippen LogP contribution is -1.78. The molecule has 0 N–H and O–H groups in total. The molecule has 1 fully saturated rings. The molecule has 0 aromatic heterocycles. The third kappa shape index (κ3) is 1.48. The van der Waals surface area contributed by atoms with E-state index in [9.17, 15) is 0 Å². The van der Waals surface area contributed by atoms with Gasteiger partial charge in [0.15, 0.2) is 0 Å². The summed E-state index contributed by atoms with van der Waals surface area (Å²) < 4.78 is 1.18. The van der Waals surface area contributed by atoms with Gasteiger partial charge in [0.2, 0.25) is 0 Å². The highest BCUT2D eigenvalue weighted by Gasteiger charge is 2.33. The molecule has 2 atom stereocenters. The molecule has 1 saturated carbocycles. The van der Waals surface area contributed by atoms with Crippen molar-refractivity contribution in [2.45, 2.75) is 19.3 Å². The van der Waals surface area contributed by atoms with Crippen molar-refractivity contribution in [2.24, 2.45) is 5.92 Å². The fourth-order valence-corrected chi connectivity index (χ4v) is 1.76. The first-order valence-corrected chi connectivity index (χ1v) is 4.82. The van der Waals surface area contributed by atoms with Crippen LogP contribution in [0.1, 0.15) is 24.8 Å². The van der Waals surface area contributed by atoms with E-state index in [4.69, 9.17) is 0 Å². The molecular weight excluding hydrogens is 200 g/mol. The van der Waals surface area contributed by atoms with Gasteiger partial charge < -0.3 is 0 Å². The molecule has 1 aliphatic carbocycles. The first-order valence-electron chi connectivity index (χ1n) is 4.03. The summed E-state index contributed by atoms with van der Waals surface area (Å²) in [6, 6.07) is 8.69. The van der Waals surface area contributed by atoms with Crippen LogP contribution in [0.15, 0.2) is 28.7 Å². The maximum Gasteiger partial charge on any atom is 0.0175 e. The van der Waals surface area contributed by atoms with Crippen LogP contribution < -0.4 is 0 Å². The third-order valence-electron chi connectivity index (χ3n) is 2.41. The molecule has 58 valence electrons. The van der Waals surface area contributed by atoms with Crippen LogP contribution in [0.3, 0.4) is 0 Å². The van der Waals surface area contributed by atoms with Crippen LogP contribution in [0.25, 0.3) is 0 Å². The molecule has 11 heavy (non-hydrogen) atoms. The molecular formula is C10H11Br. The molecule has 0 unspecified atom stereocenters. The van der Waals surface area contributed by atoms with Crippen LogP contribution in [0.2, 0.25) is 0 Å². The van der Waals surface area contributed by atoms with Crippen molar-refractivity contribution < 1.29 is 0 Å². The molecule has 2 rings (SSSR count). The van der Waals surface area contributed by atoms with Gasteiger partial charge in [0.25, 0.3) is 0 Å². The molecule has 0 heterocycles. The standard InChI is InChI=1S/C10H11Br/c1-7-6-10(7)8-2-4-9(11)5-3-8/h2-5,7,10H,6H2,1H3/t7-,10+/m1/s1. The maximum atomic E-state index is 3.43. The highest BCUT2D eigenvalue weighted by molar-refractivity contribution is 9.10. The highest BCUT2D eigenvalue weighted by Crippen LogP contribution is 2.46. The zero-order valence-corrected chi connectivity index (χ0v) is 8.14. The van der Waals surface area contributed by atoms with Crippen LogP contribution in [-0.2, 0) is 0 Å². The second-order valence-corrected chi connectivity index (χ2v) is 4.29. The summed E-state index contributed by atoms with van der Waals surface area (Å²) in [6.07, 6.45) is 1.38. The largest absolute Gasteiger partial charge is 0.0619 e. The van der Waals surface area contributed by atoms with E-state index in [0.29, 0.717) is 0 Å². The third-order valence-corrected chi connectivity index (χ3v) is 2.94. The summed E-state index contributed by atoms with van der Waals surface area (Å²) in [5.41, 5.74) is 1.50. The Hall–Kier alpha value is -0.300. The first-order chi connectivity index (χ1) is 5.27. The van der Waals surface area contributed by atoms with Crippen LogP contribution in [0, 0.1) is 5.92 Å². The van der Waals surface area contributed by atoms with Crippen molar-refractivity contribution >= 4 is 15.9 Å². The normalized spacial score (nSPS) is 28.5. The lowest BCUT2D eigenvalue weighted by molar-refractivity contribution is 0.914. The van der Waals surface area contributed by atoms with E-state index in [1.807, 2.05) is 0 Å². The fourth-order valence-electron chi connectivity index (χ4n) is 1.50. The smallest absolute Gasteiger partial charge is 0.0175 e. The minimum absolute atomic E-state index is 0.850. The summed E-state index contributed by atoms with van der Waals surface area (Å²) in [5, 5.41) is 0. The molecule has 0 bridgehead atoms. The van der Waals surface area contributed by atoms with Gasteiger partial charge in [-0.3, -0.25) is 0 Å². The zero-order chi connectivity index (χ0) is 7.84. The SMILES string of the molecule is C[C@@H]1C[C@@H]1c1ccc(Br)cc1. The molecule has 0 saturated heterocycles. The Balaban J connectivity index is 2.21. The van der Waals surface area contributed by atoms with Gasteiger partial charge in [-0.05, 0) is 36.0 Å². The van der Waals surface area contributed by atoms with E-state index in [1.54, 1.807) is 0 Å². The van der Waals surface area contributed by atoms with Crippen molar-refractivity contribution in [1.82, 2.24) is 0 Å². The van der Waals surface area contributed by atoms with Crippen molar-refractivity contribution in [1.29, 1.82) is 0 Å². The van der Waals surface area contributed by atoms with E-state index in [-0.39, 0.29) is 0 Å². The van der Waals surface area contributed by atoms with Gasteiger partial charge in [-0.15, -0.1) is 0 Å². The zero-order valence-electron chi connectivity index (χ0n) is 6.55. The number of halogens is 1. The van der Waals surface area contributed by atoms with Crippen LogP contribution in [-0.4, -0.2) is 0 Å². The molecule has 0 nitrogen and oxygen atoms in total. The number of benzene rings is 1. The molecule has 0 spiro atoms. The summed E-state index contributed by atoms with van der Waals surface area (Å²) >= 11 is 3.43. The van der Waals surface area contributed by atoms with Gasteiger partial charge in [-0.1, -0.05) is 35.0 Å². The topological polar surface area (TPSA) is 0 Å². The average Bonchev–Trinajstić information content (AvgIpc) is 2.69. The number of hydrogen-bond donors (Lipinski definition) is 0. The van der Waals surface area contributed by atoms with Crippen LogP contribution in [0.4, 0.5) is 0 Å². The summed E-state index contributed by atoms with van der Waals surface area (Å²) in [5.74, 6) is 1.76. The Morgan fingerprint density at radius 2 is 1.82 bits per heavy atom. The molecule has 1 aromatic rings. The summed E-state index contributed by atoms with van der Waals surface area (Å²) in [7, 11) is 0. The van der Waals surface area contributed by atoms with Crippen LogP contribution in [0.5, 0.6) is 0 Å². The Labute approximate surface area is 75.8 Å². The Morgan fingerprint density at radius 1 is 1.27 bits per heavy atom. The first kappa shape index (κ1) is 7.35. The molecule has 0 aliphatic heterocycles. The van der Waals surface area contributed by atoms with Gasteiger partial charge in [-0.2, -0.15) is 0 Å². The van der Waals surface area contributed by atoms with E-state index < -0.39 is 0 Å². The predicted molar refractivity (Wildman–Crippen MR) is 50.7 cm³/mol. The fraction of sp³-hybridized carbons (Fsp3) is 0.400. The second kappa shape index (κ2) is 2.63. The Bertz CT molecular complexity index is 250. The maximum absolute atomic E-state index is 3.43. The van der Waals surface area contributed by atoms with Gasteiger partial charge in [0.1, 0.15) is 0 Å². The number of hydrogen-bond acceptors (Lipinski definition) is 0. The van der Waals surface area contributed by atoms with E-state index in [0.717, 1.165) is 11.8 Å². The molecule has 1 aliphatic rings. The molecule has 0 amide bonds. The second-order valence-electron chi connectivity index (χ2n) is 3.37. The van der Waals surface area contributed by atoms with Crippen molar-refractivity contribution in [3.8, 4) is 0 Å². The lowest BCUT2D eigenvalue weighted by Gasteiger charge is -1.97. The minimum Gasteiger partial charge on any atom is -0.0619 e. The number of rotatable bonds is 1. The summed E-state index contributed by atoms with van der Waals surface area (Å²) in [4.78, 5) is 0. The predicted octanol–water partition coefficient (Wildman–Crippen LogP) is 3.57.